The lowest BCUT2D eigenvalue weighted by Crippen LogP contribution is -2.21. The Morgan fingerprint density at radius 3 is 2.44 bits per heavy atom. The molecule has 0 unspecified atom stereocenters. The first-order valence-electron chi connectivity index (χ1n) is 10.2. The third kappa shape index (κ3) is 6.77. The number of amidine groups is 1. The van der Waals surface area contributed by atoms with Gasteiger partial charge in [-0.25, -0.2) is 27.0 Å². The van der Waals surface area contributed by atoms with Gasteiger partial charge in [0.05, 0.1) is 37.3 Å². The second-order valence-electron chi connectivity index (χ2n) is 7.57. The summed E-state index contributed by atoms with van der Waals surface area (Å²) in [5, 5.41) is 14.8. The highest BCUT2D eigenvalue weighted by atomic mass is 79.9. The van der Waals surface area contributed by atoms with Gasteiger partial charge in [0.2, 0.25) is 9.84 Å². The number of rotatable bonds is 6. The lowest BCUT2D eigenvalue weighted by molar-refractivity contribution is -0.192. The number of benzene rings is 2. The van der Waals surface area contributed by atoms with E-state index in [9.17, 15) is 30.4 Å². The van der Waals surface area contributed by atoms with Crippen LogP contribution in [0.2, 0.25) is 0 Å². The Morgan fingerprint density at radius 2 is 1.87 bits per heavy atom. The molecule has 0 amide bonds. The number of carbonyl (C=O) groups is 1. The third-order valence-electron chi connectivity index (χ3n) is 4.96. The Hall–Kier alpha value is -3.02. The number of nitrogens with two attached hydrogens (primary N) is 1. The summed E-state index contributed by atoms with van der Waals surface area (Å²) in [5.41, 5.74) is 6.59. The fraction of sp³-hybridized carbons (Fsp3) is 0.136. The third-order valence-corrected chi connectivity index (χ3v) is 9.88. The molecule has 0 aliphatic heterocycles. The first-order valence-corrected chi connectivity index (χ1v) is 14.5. The number of imidazole rings is 1. The molecule has 2 heterocycles. The summed E-state index contributed by atoms with van der Waals surface area (Å²) >= 11 is 5.76. The van der Waals surface area contributed by atoms with Gasteiger partial charge >= 0.3 is 12.1 Å². The van der Waals surface area contributed by atoms with Crippen molar-refractivity contribution in [2.24, 2.45) is 5.73 Å². The average Bonchev–Trinajstić information content (AvgIpc) is 3.47. The molecule has 4 rings (SSSR count). The maximum Gasteiger partial charge on any atom is 0.490 e. The summed E-state index contributed by atoms with van der Waals surface area (Å²) in [6.07, 6.45) is -1.89. The van der Waals surface area contributed by atoms with Gasteiger partial charge in [-0.15, -0.1) is 23.1 Å². The van der Waals surface area contributed by atoms with E-state index >= 15 is 0 Å². The molecule has 0 spiro atoms. The number of thiophene rings is 1. The van der Waals surface area contributed by atoms with E-state index in [-0.39, 0.29) is 27.7 Å². The van der Waals surface area contributed by atoms with Gasteiger partial charge in [0, 0.05) is 10.0 Å². The van der Waals surface area contributed by atoms with Crippen molar-refractivity contribution in [2.45, 2.75) is 26.7 Å². The van der Waals surface area contributed by atoms with Crippen LogP contribution in [-0.2, 0) is 21.2 Å². The van der Waals surface area contributed by atoms with Gasteiger partial charge in [-0.05, 0) is 58.6 Å². The number of halogens is 6. The molecule has 39 heavy (non-hydrogen) atoms. The zero-order valence-electron chi connectivity index (χ0n) is 19.4. The second kappa shape index (κ2) is 11.6. The smallest absolute Gasteiger partial charge is 0.475 e. The Bertz CT molecular complexity index is 1690. The zero-order chi connectivity index (χ0) is 29.3. The molecule has 0 radical (unpaired) electrons. The molecule has 0 bridgehead atoms. The highest BCUT2D eigenvalue weighted by molar-refractivity contribution is 9.10. The van der Waals surface area contributed by atoms with Crippen LogP contribution < -0.4 is 5.73 Å². The summed E-state index contributed by atoms with van der Waals surface area (Å²) in [7, 11) is -3.96. The van der Waals surface area contributed by atoms with E-state index in [0.29, 0.717) is 24.6 Å². The number of alkyl halides is 3. The minimum atomic E-state index is -5.08. The number of hydrogen-bond donors (Lipinski definition) is 3. The Morgan fingerprint density at radius 1 is 1.23 bits per heavy atom. The van der Waals surface area contributed by atoms with Crippen molar-refractivity contribution < 1.29 is 40.3 Å². The van der Waals surface area contributed by atoms with Crippen LogP contribution in [0.25, 0.3) is 11.0 Å². The van der Waals surface area contributed by atoms with Gasteiger partial charge in [-0.1, -0.05) is 0 Å². The molecular formula is C22H16BrF5N4O4S3. The molecular weight excluding hydrogens is 655 g/mol. The number of hydrogen-bond acceptors (Lipinski definition) is 7. The van der Waals surface area contributed by atoms with E-state index in [2.05, 4.69) is 20.9 Å². The largest absolute Gasteiger partial charge is 0.490 e. The Kier molecular flexibility index (Phi) is 9.09. The van der Waals surface area contributed by atoms with Crippen LogP contribution in [0.1, 0.15) is 10.4 Å². The highest BCUT2D eigenvalue weighted by Gasteiger charge is 2.38. The van der Waals surface area contributed by atoms with Crippen molar-refractivity contribution in [3.63, 3.8) is 0 Å². The second-order valence-corrected chi connectivity index (χ2v) is 12.5. The molecule has 8 nitrogen and oxygen atoms in total. The number of fused-ring (bicyclic) bond motifs is 1. The topological polar surface area (TPSA) is 139 Å². The van der Waals surface area contributed by atoms with E-state index in [1.54, 1.807) is 10.8 Å². The van der Waals surface area contributed by atoms with Crippen molar-refractivity contribution in [3.05, 3.63) is 69.3 Å². The van der Waals surface area contributed by atoms with Crippen molar-refractivity contribution in [1.29, 1.82) is 5.41 Å². The summed E-state index contributed by atoms with van der Waals surface area (Å²) < 4.78 is 88.9. The van der Waals surface area contributed by atoms with Gasteiger partial charge in [-0.3, -0.25) is 5.41 Å². The number of nitrogens with zero attached hydrogens (tertiary/aromatic N) is 2. The number of sulfone groups is 1. The molecule has 2 aromatic heterocycles. The van der Waals surface area contributed by atoms with E-state index in [1.807, 2.05) is 0 Å². The quantitative estimate of drug-likeness (QED) is 0.104. The maximum atomic E-state index is 14.1. The molecule has 4 N–H and O–H groups in total. The van der Waals surface area contributed by atoms with E-state index in [1.165, 1.54) is 36.3 Å². The van der Waals surface area contributed by atoms with Crippen LogP contribution in [0, 0.1) is 17.0 Å². The van der Waals surface area contributed by atoms with Gasteiger partial charge < -0.3 is 15.4 Å². The molecule has 0 aliphatic rings. The lowest BCUT2D eigenvalue weighted by Gasteiger charge is -2.09. The lowest BCUT2D eigenvalue weighted by atomic mass is 10.2. The van der Waals surface area contributed by atoms with Crippen LogP contribution in [0.15, 0.2) is 61.2 Å². The average molecular weight is 671 g/mol. The predicted molar refractivity (Wildman–Crippen MR) is 139 cm³/mol. The van der Waals surface area contributed by atoms with Gasteiger partial charge in [0.1, 0.15) is 23.0 Å². The molecule has 208 valence electrons. The molecule has 0 saturated heterocycles. The SMILES string of the molecule is CSc1sc(C(=N)N)cc1S(=O)(=O)c1cc(Br)c2ncn(Cc3cc(F)ccc3F)c2c1.O=C(O)C(F)(F)F. The molecule has 0 aliphatic carbocycles. The van der Waals surface area contributed by atoms with Gasteiger partial charge in [0.15, 0.2) is 0 Å². The number of nitrogen functional groups attached to an aromatic ring is 1. The first kappa shape index (κ1) is 30.5. The number of aromatic nitrogens is 2. The molecule has 17 heteroatoms. The van der Waals surface area contributed by atoms with Crippen LogP contribution in [-0.4, -0.2) is 47.3 Å². The maximum absolute atomic E-state index is 14.1. The van der Waals surface area contributed by atoms with Crippen LogP contribution >= 0.6 is 39.0 Å². The summed E-state index contributed by atoms with van der Waals surface area (Å²) in [5.74, 6) is -4.11. The minimum Gasteiger partial charge on any atom is -0.475 e. The van der Waals surface area contributed by atoms with Gasteiger partial charge in [-0.2, -0.15) is 13.2 Å². The highest BCUT2D eigenvalue weighted by Crippen LogP contribution is 2.38. The molecule has 4 aromatic rings. The molecule has 0 saturated carbocycles. The fourth-order valence-electron chi connectivity index (χ4n) is 3.17. The zero-order valence-corrected chi connectivity index (χ0v) is 23.4. The number of nitrogens with one attached hydrogen (secondary N) is 1. The van der Waals surface area contributed by atoms with Crippen molar-refractivity contribution in [2.75, 3.05) is 6.26 Å². The number of thioether (sulfide) groups is 1. The predicted octanol–water partition coefficient (Wildman–Crippen LogP) is 5.66. The Balaban J connectivity index is 0.000000532. The van der Waals surface area contributed by atoms with Crippen molar-refractivity contribution >= 4 is 71.7 Å². The molecule has 0 fully saturated rings. The fourth-order valence-corrected chi connectivity index (χ4v) is 7.78. The van der Waals surface area contributed by atoms with E-state index in [0.717, 1.165) is 29.5 Å². The van der Waals surface area contributed by atoms with Crippen molar-refractivity contribution in [1.82, 2.24) is 9.55 Å². The molecule has 2 aromatic carbocycles. The standard InChI is InChI=1S/C20H15BrF2N4O2S3.C2HF3O2/c1-30-20-17(7-16(31-20)19(24)25)32(28,29)12-5-13(21)18-15(6-12)27(9-26-18)8-10-4-11(22)2-3-14(10)23;3-2(4,5)1(6)7/h2-7,9H,8H2,1H3,(H3,24,25);(H,6,7). The van der Waals surface area contributed by atoms with E-state index in [4.69, 9.17) is 21.0 Å². The monoisotopic (exact) mass is 670 g/mol. The summed E-state index contributed by atoms with van der Waals surface area (Å²) in [6.45, 7) is -0.0287. The summed E-state index contributed by atoms with van der Waals surface area (Å²) in [4.78, 5) is 13.6. The summed E-state index contributed by atoms with van der Waals surface area (Å²) in [6, 6.07) is 7.47. The normalized spacial score (nSPS) is 11.8. The van der Waals surface area contributed by atoms with E-state index < -0.39 is 33.6 Å². The van der Waals surface area contributed by atoms with Crippen LogP contribution in [0.3, 0.4) is 0 Å². The first-order chi connectivity index (χ1) is 18.1. The van der Waals surface area contributed by atoms with Crippen molar-refractivity contribution in [3.8, 4) is 0 Å². The Labute approximate surface area is 234 Å². The number of aliphatic carboxylic acids is 1. The van der Waals surface area contributed by atoms with Gasteiger partial charge in [0.25, 0.3) is 0 Å². The molecule has 0 atom stereocenters. The number of carboxylic acid groups (broad SMARTS) is 1. The number of carboxylic acids is 1. The van der Waals surface area contributed by atoms with Crippen LogP contribution in [0.5, 0.6) is 0 Å². The van der Waals surface area contributed by atoms with Crippen LogP contribution in [0.4, 0.5) is 22.0 Å². The minimum absolute atomic E-state index is 0.00143.